The van der Waals surface area contributed by atoms with Gasteiger partial charge in [0.05, 0.1) is 0 Å². The molecule has 0 bridgehead atoms. The third-order valence-corrected chi connectivity index (χ3v) is 6.08. The van der Waals surface area contributed by atoms with Crippen molar-refractivity contribution in [3.63, 3.8) is 0 Å². The van der Waals surface area contributed by atoms with Gasteiger partial charge in [-0.1, -0.05) is 33.1 Å². The van der Waals surface area contributed by atoms with Gasteiger partial charge in [-0.15, -0.1) is 0 Å². The molecule has 1 spiro atoms. The molecule has 2 rings (SSSR count). The van der Waals surface area contributed by atoms with E-state index in [0.717, 1.165) is 25.4 Å². The van der Waals surface area contributed by atoms with Crippen LogP contribution in [0.1, 0.15) is 71.6 Å². The number of nitrogens with one attached hydrogen (secondary N) is 1. The molecule has 0 amide bonds. The molecule has 18 heavy (non-hydrogen) atoms. The summed E-state index contributed by atoms with van der Waals surface area (Å²) in [5.74, 6) is 0. The van der Waals surface area contributed by atoms with Crippen molar-refractivity contribution in [2.24, 2.45) is 10.8 Å². The fourth-order valence-corrected chi connectivity index (χ4v) is 3.99. The smallest absolute Gasteiger partial charge is 0.0499 e. The molecule has 0 aromatic rings. The maximum atomic E-state index is 9.64. The summed E-state index contributed by atoms with van der Waals surface area (Å²) >= 11 is 0. The van der Waals surface area contributed by atoms with Crippen LogP contribution >= 0.6 is 0 Å². The van der Waals surface area contributed by atoms with Crippen LogP contribution in [0.25, 0.3) is 0 Å². The van der Waals surface area contributed by atoms with Gasteiger partial charge in [-0.2, -0.15) is 0 Å². The van der Waals surface area contributed by atoms with Gasteiger partial charge in [-0.05, 0) is 43.9 Å². The lowest BCUT2D eigenvalue weighted by Gasteiger charge is -2.53. The molecule has 0 saturated heterocycles. The van der Waals surface area contributed by atoms with Crippen molar-refractivity contribution in [3.05, 3.63) is 0 Å². The van der Waals surface area contributed by atoms with E-state index in [-0.39, 0.29) is 5.41 Å². The van der Waals surface area contributed by atoms with Crippen molar-refractivity contribution in [2.75, 3.05) is 13.2 Å². The van der Waals surface area contributed by atoms with Crippen molar-refractivity contribution in [1.29, 1.82) is 0 Å². The number of aliphatic hydroxyl groups excluding tert-OH is 1. The Morgan fingerprint density at radius 3 is 2.22 bits per heavy atom. The van der Waals surface area contributed by atoms with Gasteiger partial charge in [0.25, 0.3) is 0 Å². The molecule has 2 fully saturated rings. The van der Waals surface area contributed by atoms with E-state index in [1.807, 2.05) is 0 Å². The second-order valence-corrected chi connectivity index (χ2v) is 6.76. The Labute approximate surface area is 113 Å². The molecule has 0 heterocycles. The molecular formula is C16H31NO. The minimum Gasteiger partial charge on any atom is -0.396 e. The average Bonchev–Trinajstić information content (AvgIpc) is 2.44. The van der Waals surface area contributed by atoms with Crippen LogP contribution in [0.15, 0.2) is 0 Å². The second-order valence-electron chi connectivity index (χ2n) is 6.76. The lowest BCUT2D eigenvalue weighted by Crippen LogP contribution is -2.56. The van der Waals surface area contributed by atoms with Crippen molar-refractivity contribution in [3.8, 4) is 0 Å². The molecule has 106 valence electrons. The Hall–Kier alpha value is -0.0800. The topological polar surface area (TPSA) is 32.3 Å². The van der Waals surface area contributed by atoms with Gasteiger partial charge in [-0.3, -0.25) is 0 Å². The van der Waals surface area contributed by atoms with Crippen LogP contribution in [-0.4, -0.2) is 24.3 Å². The van der Waals surface area contributed by atoms with Crippen molar-refractivity contribution in [2.45, 2.75) is 77.7 Å². The minimum atomic E-state index is 0.117. The normalized spacial score (nSPS) is 27.2. The predicted molar refractivity (Wildman–Crippen MR) is 76.6 cm³/mol. The van der Waals surface area contributed by atoms with E-state index in [0.29, 0.717) is 12.0 Å². The molecule has 2 nitrogen and oxygen atoms in total. The molecule has 0 aliphatic heterocycles. The Morgan fingerprint density at radius 1 is 1.11 bits per heavy atom. The molecule has 1 atom stereocenters. The van der Waals surface area contributed by atoms with E-state index < -0.39 is 0 Å². The first-order valence-corrected chi connectivity index (χ1v) is 8.04. The number of hydrogen-bond donors (Lipinski definition) is 2. The van der Waals surface area contributed by atoms with Crippen LogP contribution in [-0.2, 0) is 0 Å². The van der Waals surface area contributed by atoms with E-state index in [2.05, 4.69) is 19.2 Å². The van der Waals surface area contributed by atoms with Crippen LogP contribution in [0.4, 0.5) is 0 Å². The summed E-state index contributed by atoms with van der Waals surface area (Å²) in [6.45, 7) is 5.74. The van der Waals surface area contributed by atoms with Gasteiger partial charge in [0, 0.05) is 24.6 Å². The summed E-state index contributed by atoms with van der Waals surface area (Å²) in [6.07, 6.45) is 12.1. The van der Waals surface area contributed by atoms with Gasteiger partial charge in [0.1, 0.15) is 0 Å². The summed E-state index contributed by atoms with van der Waals surface area (Å²) < 4.78 is 0. The first-order chi connectivity index (χ1) is 8.70. The maximum Gasteiger partial charge on any atom is 0.0499 e. The highest BCUT2D eigenvalue weighted by Gasteiger charge is 2.46. The summed E-state index contributed by atoms with van der Waals surface area (Å²) in [7, 11) is 0. The second kappa shape index (κ2) is 5.92. The highest BCUT2D eigenvalue weighted by molar-refractivity contribution is 5.02. The third-order valence-electron chi connectivity index (χ3n) is 6.08. The Balaban J connectivity index is 1.86. The summed E-state index contributed by atoms with van der Waals surface area (Å²) in [4.78, 5) is 0. The lowest BCUT2D eigenvalue weighted by molar-refractivity contribution is 0.00928. The van der Waals surface area contributed by atoms with Crippen molar-refractivity contribution < 1.29 is 5.11 Å². The molecule has 0 aromatic heterocycles. The Kier molecular flexibility index (Phi) is 4.71. The predicted octanol–water partition coefficient (Wildman–Crippen LogP) is 3.49. The van der Waals surface area contributed by atoms with Crippen LogP contribution < -0.4 is 5.32 Å². The van der Waals surface area contributed by atoms with Crippen molar-refractivity contribution >= 4 is 0 Å². The van der Waals surface area contributed by atoms with E-state index in [1.165, 1.54) is 44.9 Å². The number of hydrogen-bond acceptors (Lipinski definition) is 2. The van der Waals surface area contributed by atoms with Gasteiger partial charge < -0.3 is 10.4 Å². The molecule has 2 heteroatoms. The lowest BCUT2D eigenvalue weighted by atomic mass is 9.57. The monoisotopic (exact) mass is 253 g/mol. The highest BCUT2D eigenvalue weighted by atomic mass is 16.3. The van der Waals surface area contributed by atoms with E-state index in [4.69, 9.17) is 0 Å². The zero-order valence-corrected chi connectivity index (χ0v) is 12.3. The zero-order valence-electron chi connectivity index (χ0n) is 12.3. The van der Waals surface area contributed by atoms with E-state index in [1.54, 1.807) is 0 Å². The molecule has 0 radical (unpaired) electrons. The van der Waals surface area contributed by atoms with E-state index in [9.17, 15) is 5.11 Å². The minimum absolute atomic E-state index is 0.117. The standard InChI is InChI=1S/C16H31NO/c1-3-15(4-2,13-18)12-17-14-8-11-16(14)9-6-5-7-10-16/h14,17-18H,3-13H2,1-2H3. The Bertz CT molecular complexity index is 246. The molecule has 0 aromatic carbocycles. The Morgan fingerprint density at radius 2 is 1.78 bits per heavy atom. The van der Waals surface area contributed by atoms with Crippen molar-refractivity contribution in [1.82, 2.24) is 5.32 Å². The first-order valence-electron chi connectivity index (χ1n) is 8.04. The molecule has 2 N–H and O–H groups in total. The van der Waals surface area contributed by atoms with Crippen LogP contribution in [0, 0.1) is 10.8 Å². The maximum absolute atomic E-state index is 9.64. The third kappa shape index (κ3) is 2.60. The quantitative estimate of drug-likeness (QED) is 0.759. The largest absolute Gasteiger partial charge is 0.396 e. The SMILES string of the molecule is CCC(CC)(CO)CNC1CCC12CCCCC2. The fraction of sp³-hybridized carbons (Fsp3) is 1.00. The van der Waals surface area contributed by atoms with Crippen LogP contribution in [0.3, 0.4) is 0 Å². The summed E-state index contributed by atoms with van der Waals surface area (Å²) in [5, 5.41) is 13.5. The first kappa shape index (κ1) is 14.3. The molecule has 1 unspecified atom stereocenters. The average molecular weight is 253 g/mol. The number of aliphatic hydroxyl groups is 1. The van der Waals surface area contributed by atoms with E-state index >= 15 is 0 Å². The van der Waals surface area contributed by atoms with Crippen LogP contribution in [0.5, 0.6) is 0 Å². The van der Waals surface area contributed by atoms with Gasteiger partial charge in [0.15, 0.2) is 0 Å². The zero-order chi connectivity index (χ0) is 13.1. The molecule has 2 saturated carbocycles. The molecule has 2 aliphatic carbocycles. The van der Waals surface area contributed by atoms with Gasteiger partial charge in [-0.25, -0.2) is 0 Å². The van der Waals surface area contributed by atoms with Gasteiger partial charge >= 0.3 is 0 Å². The summed E-state index contributed by atoms with van der Waals surface area (Å²) in [5.41, 5.74) is 0.756. The van der Waals surface area contributed by atoms with Gasteiger partial charge in [0.2, 0.25) is 0 Å². The number of rotatable bonds is 6. The highest BCUT2D eigenvalue weighted by Crippen LogP contribution is 2.51. The molecular weight excluding hydrogens is 222 g/mol. The molecule has 2 aliphatic rings. The fourth-order valence-electron chi connectivity index (χ4n) is 3.99. The summed E-state index contributed by atoms with van der Waals surface area (Å²) in [6, 6.07) is 0.738. The van der Waals surface area contributed by atoms with Crippen LogP contribution in [0.2, 0.25) is 0 Å².